The Labute approximate surface area is 96.0 Å². The fourth-order valence-corrected chi connectivity index (χ4v) is 1.10. The summed E-state index contributed by atoms with van der Waals surface area (Å²) in [7, 11) is 0. The summed E-state index contributed by atoms with van der Waals surface area (Å²) < 4.78 is 0. The first-order valence-electron chi connectivity index (χ1n) is 4.19. The summed E-state index contributed by atoms with van der Waals surface area (Å²) in [5.41, 5.74) is 0.118. The quantitative estimate of drug-likeness (QED) is 0.554. The minimum atomic E-state index is -1.23. The van der Waals surface area contributed by atoms with Gasteiger partial charge in [-0.15, -0.1) is 0 Å². The summed E-state index contributed by atoms with van der Waals surface area (Å²) in [6.45, 7) is 0. The third-order valence-corrected chi connectivity index (χ3v) is 1.83. The van der Waals surface area contributed by atoms with Crippen molar-refractivity contribution in [1.82, 2.24) is 0 Å². The zero-order valence-corrected chi connectivity index (χ0v) is 8.73. The monoisotopic (exact) mass is 241 g/mol. The molecule has 1 amide bonds. The highest BCUT2D eigenvalue weighted by molar-refractivity contribution is 6.31. The van der Waals surface area contributed by atoms with Gasteiger partial charge in [0.2, 0.25) is 5.91 Å². The number of nitrogens with one attached hydrogen (secondary N) is 1. The Morgan fingerprint density at radius 1 is 1.31 bits per heavy atom. The standard InChI is InChI=1S/C10H8ClNO4/c11-6-1-2-8(13)7(5-6)12-9(14)3-4-10(15)16/h1-5,13H,(H,12,14)(H,15,16)/b4-3-. The van der Waals surface area contributed by atoms with Crippen molar-refractivity contribution in [3.63, 3.8) is 0 Å². The molecule has 0 saturated heterocycles. The molecule has 0 aliphatic rings. The van der Waals surface area contributed by atoms with E-state index in [1.165, 1.54) is 18.2 Å². The lowest BCUT2D eigenvalue weighted by molar-refractivity contribution is -0.131. The van der Waals surface area contributed by atoms with Crippen LogP contribution < -0.4 is 5.32 Å². The number of rotatable bonds is 3. The third-order valence-electron chi connectivity index (χ3n) is 1.59. The van der Waals surface area contributed by atoms with Gasteiger partial charge in [0.1, 0.15) is 5.75 Å². The molecule has 0 heterocycles. The lowest BCUT2D eigenvalue weighted by Crippen LogP contribution is -2.08. The van der Waals surface area contributed by atoms with Crippen LogP contribution in [0.1, 0.15) is 0 Å². The highest BCUT2D eigenvalue weighted by atomic mass is 35.5. The van der Waals surface area contributed by atoms with Crippen molar-refractivity contribution in [2.45, 2.75) is 0 Å². The molecule has 0 saturated carbocycles. The number of aliphatic carboxylic acids is 1. The highest BCUT2D eigenvalue weighted by Gasteiger charge is 2.04. The van der Waals surface area contributed by atoms with Crippen molar-refractivity contribution in [1.29, 1.82) is 0 Å². The summed E-state index contributed by atoms with van der Waals surface area (Å²) in [6, 6.07) is 4.13. The Hall–Kier alpha value is -2.01. The maximum Gasteiger partial charge on any atom is 0.328 e. The van der Waals surface area contributed by atoms with Gasteiger partial charge in [0.15, 0.2) is 0 Å². The van der Waals surface area contributed by atoms with Crippen LogP contribution in [0, 0.1) is 0 Å². The van der Waals surface area contributed by atoms with E-state index in [4.69, 9.17) is 16.7 Å². The van der Waals surface area contributed by atoms with Crippen molar-refractivity contribution in [2.24, 2.45) is 0 Å². The lowest BCUT2D eigenvalue weighted by Gasteiger charge is -2.04. The summed E-state index contributed by atoms with van der Waals surface area (Å²) in [4.78, 5) is 21.3. The number of aromatic hydroxyl groups is 1. The minimum Gasteiger partial charge on any atom is -0.506 e. The smallest absolute Gasteiger partial charge is 0.328 e. The summed E-state index contributed by atoms with van der Waals surface area (Å²) in [5, 5.41) is 20.3. The van der Waals surface area contributed by atoms with Crippen LogP contribution in [0.4, 0.5) is 5.69 Å². The molecule has 0 fully saturated rings. The number of halogens is 1. The topological polar surface area (TPSA) is 86.6 Å². The number of phenols is 1. The first kappa shape index (κ1) is 12.1. The van der Waals surface area contributed by atoms with Gasteiger partial charge < -0.3 is 15.5 Å². The maximum atomic E-state index is 11.2. The fourth-order valence-electron chi connectivity index (χ4n) is 0.930. The number of anilines is 1. The van der Waals surface area contributed by atoms with Crippen LogP contribution in [0.3, 0.4) is 0 Å². The van der Waals surface area contributed by atoms with E-state index in [1.807, 2.05) is 0 Å². The number of benzene rings is 1. The summed E-state index contributed by atoms with van der Waals surface area (Å²) in [5.74, 6) is -2.05. The summed E-state index contributed by atoms with van der Waals surface area (Å²) >= 11 is 5.65. The van der Waals surface area contributed by atoms with E-state index < -0.39 is 11.9 Å². The number of phenolic OH excluding ortho intramolecular Hbond substituents is 1. The number of amides is 1. The molecule has 0 bridgehead atoms. The zero-order chi connectivity index (χ0) is 12.1. The summed E-state index contributed by atoms with van der Waals surface area (Å²) in [6.07, 6.45) is 1.53. The predicted octanol–water partition coefficient (Wildman–Crippen LogP) is 1.62. The second kappa shape index (κ2) is 5.18. The lowest BCUT2D eigenvalue weighted by atomic mass is 10.3. The van der Waals surface area contributed by atoms with Crippen molar-refractivity contribution in [3.8, 4) is 5.75 Å². The van der Waals surface area contributed by atoms with Crippen molar-refractivity contribution in [3.05, 3.63) is 35.4 Å². The molecule has 0 atom stereocenters. The highest BCUT2D eigenvalue weighted by Crippen LogP contribution is 2.26. The Morgan fingerprint density at radius 3 is 2.62 bits per heavy atom. The first-order chi connectivity index (χ1) is 7.49. The number of hydrogen-bond acceptors (Lipinski definition) is 3. The number of carbonyl (C=O) groups is 2. The molecular formula is C10H8ClNO4. The first-order valence-corrected chi connectivity index (χ1v) is 4.57. The molecule has 0 unspecified atom stereocenters. The van der Waals surface area contributed by atoms with Gasteiger partial charge in [0.05, 0.1) is 5.69 Å². The van der Waals surface area contributed by atoms with E-state index in [0.29, 0.717) is 11.1 Å². The van der Waals surface area contributed by atoms with Crippen LogP contribution in [0.15, 0.2) is 30.4 Å². The van der Waals surface area contributed by atoms with E-state index in [1.54, 1.807) is 0 Å². The molecular weight excluding hydrogens is 234 g/mol. The van der Waals surface area contributed by atoms with Gasteiger partial charge in [0, 0.05) is 17.2 Å². The normalized spacial score (nSPS) is 10.3. The van der Waals surface area contributed by atoms with Gasteiger partial charge in [-0.2, -0.15) is 0 Å². The van der Waals surface area contributed by atoms with Gasteiger partial charge in [-0.3, -0.25) is 4.79 Å². The molecule has 6 heteroatoms. The van der Waals surface area contributed by atoms with E-state index >= 15 is 0 Å². The van der Waals surface area contributed by atoms with Crippen LogP contribution >= 0.6 is 11.6 Å². The van der Waals surface area contributed by atoms with Gasteiger partial charge in [-0.25, -0.2) is 4.79 Å². The second-order valence-electron chi connectivity index (χ2n) is 2.82. The largest absolute Gasteiger partial charge is 0.506 e. The Kier molecular flexibility index (Phi) is 3.90. The molecule has 3 N–H and O–H groups in total. The molecule has 1 aromatic rings. The maximum absolute atomic E-state index is 11.2. The number of carbonyl (C=O) groups excluding carboxylic acids is 1. The molecule has 1 aromatic carbocycles. The molecule has 16 heavy (non-hydrogen) atoms. The minimum absolute atomic E-state index is 0.118. The molecule has 0 aliphatic heterocycles. The molecule has 84 valence electrons. The molecule has 0 aromatic heterocycles. The third kappa shape index (κ3) is 3.62. The Bertz CT molecular complexity index is 456. The predicted molar refractivity (Wildman–Crippen MR) is 58.5 cm³/mol. The van der Waals surface area contributed by atoms with Crippen molar-refractivity contribution in [2.75, 3.05) is 5.32 Å². The Morgan fingerprint density at radius 2 is 2.00 bits per heavy atom. The SMILES string of the molecule is O=C(O)/C=C\C(=O)Nc1cc(Cl)ccc1O. The van der Waals surface area contributed by atoms with Crippen LogP contribution in [-0.4, -0.2) is 22.1 Å². The van der Waals surface area contributed by atoms with E-state index in [9.17, 15) is 14.7 Å². The molecule has 1 rings (SSSR count). The number of hydrogen-bond donors (Lipinski definition) is 3. The van der Waals surface area contributed by atoms with Gasteiger partial charge >= 0.3 is 5.97 Å². The van der Waals surface area contributed by atoms with Gasteiger partial charge in [0.25, 0.3) is 0 Å². The van der Waals surface area contributed by atoms with Crippen molar-refractivity contribution >= 4 is 29.2 Å². The van der Waals surface area contributed by atoms with Crippen molar-refractivity contribution < 1.29 is 19.8 Å². The molecule has 0 spiro atoms. The van der Waals surface area contributed by atoms with Crippen LogP contribution in [-0.2, 0) is 9.59 Å². The molecule has 0 aliphatic carbocycles. The molecule has 5 nitrogen and oxygen atoms in total. The van der Waals surface area contributed by atoms with E-state index in [2.05, 4.69) is 5.32 Å². The number of carboxylic acid groups (broad SMARTS) is 1. The number of carboxylic acids is 1. The van der Waals surface area contributed by atoms with Gasteiger partial charge in [-0.05, 0) is 18.2 Å². The van der Waals surface area contributed by atoms with Crippen LogP contribution in [0.25, 0.3) is 0 Å². The van der Waals surface area contributed by atoms with E-state index in [0.717, 1.165) is 6.08 Å². The average Bonchev–Trinajstić information content (AvgIpc) is 2.20. The second-order valence-corrected chi connectivity index (χ2v) is 3.26. The van der Waals surface area contributed by atoms with Crippen LogP contribution in [0.2, 0.25) is 5.02 Å². The zero-order valence-electron chi connectivity index (χ0n) is 7.98. The average molecular weight is 242 g/mol. The fraction of sp³-hybridized carbons (Fsp3) is 0. The Balaban J connectivity index is 2.77. The van der Waals surface area contributed by atoms with Crippen LogP contribution in [0.5, 0.6) is 5.75 Å². The molecule has 0 radical (unpaired) electrons. The van der Waals surface area contributed by atoms with E-state index in [-0.39, 0.29) is 11.4 Å². The van der Waals surface area contributed by atoms with Gasteiger partial charge in [-0.1, -0.05) is 11.6 Å².